The highest BCUT2D eigenvalue weighted by molar-refractivity contribution is 7.89. The minimum Gasteiger partial charge on any atom is -0.384 e. The number of nitrogens with one attached hydrogen (secondary N) is 2. The molecule has 2 N–H and O–H groups in total. The van der Waals surface area contributed by atoms with E-state index in [1.165, 1.54) is 12.8 Å². The highest BCUT2D eigenvalue weighted by Gasteiger charge is 2.35. The fourth-order valence-corrected chi connectivity index (χ4v) is 4.70. The smallest absolute Gasteiger partial charge is 0.240 e. The number of hydrogen-bond donors (Lipinski definition) is 2. The zero-order valence-electron chi connectivity index (χ0n) is 12.0. The van der Waals surface area contributed by atoms with Gasteiger partial charge in [0, 0.05) is 37.4 Å². The Bertz CT molecular complexity index is 655. The number of fused-ring (bicyclic) bond motifs is 1. The zero-order valence-corrected chi connectivity index (χ0v) is 12.8. The van der Waals surface area contributed by atoms with E-state index in [9.17, 15) is 8.42 Å². The molecule has 4 rings (SSSR count). The molecule has 2 aliphatic heterocycles. The number of rotatable bonds is 4. The van der Waals surface area contributed by atoms with E-state index in [-0.39, 0.29) is 6.04 Å². The van der Waals surface area contributed by atoms with E-state index in [2.05, 4.69) is 14.9 Å². The molecule has 0 bridgehead atoms. The molecule has 2 heterocycles. The molecule has 0 radical (unpaired) electrons. The third kappa shape index (κ3) is 2.67. The summed E-state index contributed by atoms with van der Waals surface area (Å²) in [5.41, 5.74) is 2.17. The normalized spacial score (nSPS) is 25.8. The van der Waals surface area contributed by atoms with Gasteiger partial charge in [0.2, 0.25) is 10.0 Å². The van der Waals surface area contributed by atoms with Gasteiger partial charge in [-0.05, 0) is 49.4 Å². The van der Waals surface area contributed by atoms with Crippen molar-refractivity contribution in [1.82, 2.24) is 9.62 Å². The summed E-state index contributed by atoms with van der Waals surface area (Å²) in [6.07, 6.45) is 4.37. The van der Waals surface area contributed by atoms with Gasteiger partial charge in [-0.3, -0.25) is 4.90 Å². The largest absolute Gasteiger partial charge is 0.384 e. The van der Waals surface area contributed by atoms with E-state index in [1.807, 2.05) is 12.1 Å². The van der Waals surface area contributed by atoms with Gasteiger partial charge in [-0.2, -0.15) is 0 Å². The lowest BCUT2D eigenvalue weighted by molar-refractivity contribution is 0.322. The summed E-state index contributed by atoms with van der Waals surface area (Å²) in [5.74, 6) is 0. The molecule has 1 aromatic rings. The van der Waals surface area contributed by atoms with Crippen LogP contribution in [-0.4, -0.2) is 45.0 Å². The maximum Gasteiger partial charge on any atom is 0.240 e. The molecular weight excluding hydrogens is 286 g/mol. The second-order valence-electron chi connectivity index (χ2n) is 6.33. The molecule has 1 aromatic carbocycles. The molecule has 1 saturated carbocycles. The van der Waals surface area contributed by atoms with Crippen molar-refractivity contribution < 1.29 is 8.42 Å². The van der Waals surface area contributed by atoms with Gasteiger partial charge in [0.05, 0.1) is 4.90 Å². The van der Waals surface area contributed by atoms with Crippen LogP contribution in [0.2, 0.25) is 0 Å². The maximum atomic E-state index is 12.5. The van der Waals surface area contributed by atoms with Crippen LogP contribution in [0.5, 0.6) is 0 Å². The standard InChI is InChI=1S/C15H21N3O2S/c19-21(20,14-3-4-15-11(9-14)5-7-16-15)17-12-6-8-18(10-12)13-1-2-13/h3-4,9,12-13,16-17H,1-2,5-8,10H2. The summed E-state index contributed by atoms with van der Waals surface area (Å²) < 4.78 is 27.9. The van der Waals surface area contributed by atoms with Crippen LogP contribution >= 0.6 is 0 Å². The number of hydrogen-bond acceptors (Lipinski definition) is 4. The minimum atomic E-state index is -3.40. The fraction of sp³-hybridized carbons (Fsp3) is 0.600. The molecule has 6 heteroatoms. The number of benzene rings is 1. The Morgan fingerprint density at radius 2 is 2.10 bits per heavy atom. The molecule has 0 aromatic heterocycles. The highest BCUT2D eigenvalue weighted by atomic mass is 32.2. The third-order valence-electron chi connectivity index (χ3n) is 4.70. The Labute approximate surface area is 125 Å². The first-order valence-corrected chi connectivity index (χ1v) is 9.23. The molecule has 1 aliphatic carbocycles. The predicted molar refractivity (Wildman–Crippen MR) is 82.0 cm³/mol. The second-order valence-corrected chi connectivity index (χ2v) is 8.04. The molecular formula is C15H21N3O2S. The van der Waals surface area contributed by atoms with Gasteiger partial charge in [-0.15, -0.1) is 0 Å². The molecule has 5 nitrogen and oxygen atoms in total. The summed E-state index contributed by atoms with van der Waals surface area (Å²) >= 11 is 0. The second kappa shape index (κ2) is 4.97. The van der Waals surface area contributed by atoms with E-state index in [0.717, 1.165) is 43.7 Å². The van der Waals surface area contributed by atoms with Gasteiger partial charge in [0.15, 0.2) is 0 Å². The van der Waals surface area contributed by atoms with Gasteiger partial charge in [-0.25, -0.2) is 13.1 Å². The van der Waals surface area contributed by atoms with E-state index in [0.29, 0.717) is 10.9 Å². The van der Waals surface area contributed by atoms with E-state index < -0.39 is 10.0 Å². The summed E-state index contributed by atoms with van der Waals surface area (Å²) in [5, 5.41) is 3.26. The molecule has 2 fully saturated rings. The first kappa shape index (κ1) is 13.5. The lowest BCUT2D eigenvalue weighted by Crippen LogP contribution is -2.37. The van der Waals surface area contributed by atoms with Crippen molar-refractivity contribution >= 4 is 15.7 Å². The van der Waals surface area contributed by atoms with Crippen LogP contribution < -0.4 is 10.0 Å². The third-order valence-corrected chi connectivity index (χ3v) is 6.22. The Kier molecular flexibility index (Phi) is 3.20. The van der Waals surface area contributed by atoms with Crippen LogP contribution in [0.15, 0.2) is 23.1 Å². The Hall–Kier alpha value is -1.11. The number of likely N-dealkylation sites (tertiary alicyclic amines) is 1. The van der Waals surface area contributed by atoms with Gasteiger partial charge >= 0.3 is 0 Å². The summed E-state index contributed by atoms with van der Waals surface area (Å²) in [7, 11) is -3.40. The molecule has 21 heavy (non-hydrogen) atoms. The van der Waals surface area contributed by atoms with Crippen LogP contribution in [0.4, 0.5) is 5.69 Å². The van der Waals surface area contributed by atoms with Crippen molar-refractivity contribution in [3.05, 3.63) is 23.8 Å². The van der Waals surface area contributed by atoms with Crippen LogP contribution in [0.25, 0.3) is 0 Å². The van der Waals surface area contributed by atoms with Crippen molar-refractivity contribution in [3.8, 4) is 0 Å². The molecule has 1 saturated heterocycles. The average molecular weight is 307 g/mol. The van der Waals surface area contributed by atoms with E-state index in [4.69, 9.17) is 0 Å². The number of anilines is 1. The van der Waals surface area contributed by atoms with Gasteiger partial charge in [0.25, 0.3) is 0 Å². The number of nitrogens with zero attached hydrogens (tertiary/aromatic N) is 1. The van der Waals surface area contributed by atoms with Gasteiger partial charge < -0.3 is 5.32 Å². The van der Waals surface area contributed by atoms with Crippen molar-refractivity contribution in [2.75, 3.05) is 25.0 Å². The van der Waals surface area contributed by atoms with Gasteiger partial charge in [-0.1, -0.05) is 0 Å². The highest BCUT2D eigenvalue weighted by Crippen LogP contribution is 2.30. The lowest BCUT2D eigenvalue weighted by atomic mass is 10.2. The first-order chi connectivity index (χ1) is 10.1. The van der Waals surface area contributed by atoms with Crippen LogP contribution in [0, 0.1) is 0 Å². The molecule has 0 spiro atoms. The van der Waals surface area contributed by atoms with Crippen LogP contribution in [0.1, 0.15) is 24.8 Å². The minimum absolute atomic E-state index is 0.0574. The van der Waals surface area contributed by atoms with Crippen molar-refractivity contribution in [2.45, 2.75) is 42.7 Å². The fourth-order valence-electron chi connectivity index (χ4n) is 3.39. The summed E-state index contributed by atoms with van der Waals surface area (Å²) in [4.78, 5) is 2.81. The molecule has 1 atom stereocenters. The van der Waals surface area contributed by atoms with Crippen LogP contribution in [0.3, 0.4) is 0 Å². The predicted octanol–water partition coefficient (Wildman–Crippen LogP) is 1.17. The summed E-state index contributed by atoms with van der Waals surface area (Å²) in [6.45, 7) is 2.77. The average Bonchev–Trinajstić information content (AvgIpc) is 3.02. The number of sulfonamides is 1. The Balaban J connectivity index is 1.48. The van der Waals surface area contributed by atoms with Crippen molar-refractivity contribution in [1.29, 1.82) is 0 Å². The monoisotopic (exact) mass is 307 g/mol. The van der Waals surface area contributed by atoms with Gasteiger partial charge in [0.1, 0.15) is 0 Å². The molecule has 114 valence electrons. The maximum absolute atomic E-state index is 12.5. The molecule has 0 amide bonds. The summed E-state index contributed by atoms with van der Waals surface area (Å²) in [6, 6.07) is 6.16. The van der Waals surface area contributed by atoms with Crippen molar-refractivity contribution in [3.63, 3.8) is 0 Å². The molecule has 1 unspecified atom stereocenters. The SMILES string of the molecule is O=S(=O)(NC1CCN(C2CC2)C1)c1ccc2c(c1)CCN2. The lowest BCUT2D eigenvalue weighted by Gasteiger charge is -2.16. The Morgan fingerprint density at radius 1 is 1.24 bits per heavy atom. The van der Waals surface area contributed by atoms with E-state index in [1.54, 1.807) is 6.07 Å². The topological polar surface area (TPSA) is 61.4 Å². The van der Waals surface area contributed by atoms with Crippen molar-refractivity contribution in [2.24, 2.45) is 0 Å². The molecule has 3 aliphatic rings. The van der Waals surface area contributed by atoms with Crippen LogP contribution in [-0.2, 0) is 16.4 Å². The first-order valence-electron chi connectivity index (χ1n) is 7.75. The quantitative estimate of drug-likeness (QED) is 0.876. The Morgan fingerprint density at radius 3 is 2.90 bits per heavy atom. The van der Waals surface area contributed by atoms with E-state index >= 15 is 0 Å². The zero-order chi connectivity index (χ0) is 14.4.